The molecule has 2 heterocycles. The molecule has 15 heavy (non-hydrogen) atoms. The SMILES string of the molecule is Cc1ncc(-n2ccnn2)c(C(N)=O)n1. The molecule has 0 aromatic carbocycles. The first-order valence-electron chi connectivity index (χ1n) is 4.18. The number of nitrogens with zero attached hydrogens (tertiary/aromatic N) is 5. The van der Waals surface area contributed by atoms with Crippen LogP contribution in [0.15, 0.2) is 18.6 Å². The molecular weight excluding hydrogens is 196 g/mol. The second-order valence-corrected chi connectivity index (χ2v) is 2.86. The van der Waals surface area contributed by atoms with Crippen LogP contribution in [0.4, 0.5) is 0 Å². The molecule has 0 aliphatic rings. The highest BCUT2D eigenvalue weighted by Gasteiger charge is 2.13. The lowest BCUT2D eigenvalue weighted by atomic mass is 10.3. The standard InChI is InChI=1S/C8H8N6O/c1-5-10-4-6(7(12-5)8(9)15)14-3-2-11-13-14/h2-4H,1H3,(H2,9,15). The van der Waals surface area contributed by atoms with Crippen molar-refractivity contribution in [2.45, 2.75) is 6.92 Å². The molecule has 0 saturated heterocycles. The van der Waals surface area contributed by atoms with Crippen molar-refractivity contribution >= 4 is 5.91 Å². The minimum Gasteiger partial charge on any atom is -0.364 e. The highest BCUT2D eigenvalue weighted by Crippen LogP contribution is 2.08. The van der Waals surface area contributed by atoms with Crippen molar-refractivity contribution in [3.05, 3.63) is 30.1 Å². The molecule has 0 aliphatic heterocycles. The van der Waals surface area contributed by atoms with Crippen LogP contribution in [0.25, 0.3) is 5.69 Å². The molecule has 76 valence electrons. The molecule has 0 fully saturated rings. The fraction of sp³-hybridized carbons (Fsp3) is 0.125. The van der Waals surface area contributed by atoms with Crippen molar-refractivity contribution in [2.75, 3.05) is 0 Å². The first-order chi connectivity index (χ1) is 7.18. The van der Waals surface area contributed by atoms with Gasteiger partial charge in [-0.1, -0.05) is 5.21 Å². The summed E-state index contributed by atoms with van der Waals surface area (Å²) >= 11 is 0. The van der Waals surface area contributed by atoms with Crippen LogP contribution in [0.5, 0.6) is 0 Å². The molecule has 0 atom stereocenters. The quantitative estimate of drug-likeness (QED) is 0.708. The summed E-state index contributed by atoms with van der Waals surface area (Å²) < 4.78 is 1.39. The summed E-state index contributed by atoms with van der Waals surface area (Å²) in [7, 11) is 0. The van der Waals surface area contributed by atoms with Crippen molar-refractivity contribution < 1.29 is 4.79 Å². The van der Waals surface area contributed by atoms with Gasteiger partial charge in [0.1, 0.15) is 11.5 Å². The molecule has 0 unspecified atom stereocenters. The van der Waals surface area contributed by atoms with Crippen LogP contribution in [0, 0.1) is 6.92 Å². The molecule has 0 bridgehead atoms. The smallest absolute Gasteiger partial charge is 0.269 e. The van der Waals surface area contributed by atoms with Crippen LogP contribution >= 0.6 is 0 Å². The number of aryl methyl sites for hydroxylation is 1. The Balaban J connectivity index is 2.61. The number of aromatic nitrogens is 5. The highest BCUT2D eigenvalue weighted by atomic mass is 16.1. The average molecular weight is 204 g/mol. The number of nitrogens with two attached hydrogens (primary N) is 1. The van der Waals surface area contributed by atoms with Gasteiger partial charge in [0.05, 0.1) is 18.6 Å². The van der Waals surface area contributed by atoms with Crippen LogP contribution in [-0.2, 0) is 0 Å². The first-order valence-corrected chi connectivity index (χ1v) is 4.18. The van der Waals surface area contributed by atoms with Gasteiger partial charge < -0.3 is 5.73 Å². The van der Waals surface area contributed by atoms with Gasteiger partial charge in [-0.05, 0) is 6.92 Å². The van der Waals surface area contributed by atoms with E-state index >= 15 is 0 Å². The Morgan fingerprint density at radius 2 is 2.33 bits per heavy atom. The lowest BCUT2D eigenvalue weighted by Crippen LogP contribution is -2.18. The van der Waals surface area contributed by atoms with Crippen LogP contribution in [-0.4, -0.2) is 30.9 Å². The Labute approximate surface area is 85.0 Å². The van der Waals surface area contributed by atoms with Gasteiger partial charge in [-0.25, -0.2) is 14.6 Å². The van der Waals surface area contributed by atoms with Crippen molar-refractivity contribution in [1.29, 1.82) is 0 Å². The molecule has 2 N–H and O–H groups in total. The largest absolute Gasteiger partial charge is 0.364 e. The van der Waals surface area contributed by atoms with Crippen LogP contribution in [0.3, 0.4) is 0 Å². The second-order valence-electron chi connectivity index (χ2n) is 2.86. The van der Waals surface area contributed by atoms with Crippen molar-refractivity contribution in [1.82, 2.24) is 25.0 Å². The van der Waals surface area contributed by atoms with Crippen LogP contribution in [0.1, 0.15) is 16.3 Å². The van der Waals surface area contributed by atoms with Gasteiger partial charge in [-0.3, -0.25) is 4.79 Å². The third-order valence-electron chi connectivity index (χ3n) is 1.79. The van der Waals surface area contributed by atoms with Crippen molar-refractivity contribution in [2.24, 2.45) is 5.73 Å². The van der Waals surface area contributed by atoms with E-state index in [0.717, 1.165) is 0 Å². The predicted octanol–water partition coefficient (Wildman–Crippen LogP) is -0.535. The predicted molar refractivity (Wildman–Crippen MR) is 50.2 cm³/mol. The average Bonchev–Trinajstić information content (AvgIpc) is 2.70. The molecule has 0 aliphatic carbocycles. The maximum absolute atomic E-state index is 11.1. The van der Waals surface area contributed by atoms with Gasteiger partial charge in [0.2, 0.25) is 0 Å². The maximum atomic E-state index is 11.1. The van der Waals surface area contributed by atoms with E-state index in [-0.39, 0.29) is 5.69 Å². The van der Waals surface area contributed by atoms with E-state index in [1.54, 1.807) is 13.1 Å². The number of amides is 1. The summed E-state index contributed by atoms with van der Waals surface area (Å²) in [6.45, 7) is 1.68. The number of hydrogen-bond donors (Lipinski definition) is 1. The molecule has 1 amide bonds. The van der Waals surface area contributed by atoms with E-state index < -0.39 is 5.91 Å². The Kier molecular flexibility index (Phi) is 2.13. The molecule has 0 saturated carbocycles. The zero-order chi connectivity index (χ0) is 10.8. The zero-order valence-electron chi connectivity index (χ0n) is 7.95. The Morgan fingerprint density at radius 3 is 2.93 bits per heavy atom. The number of primary amides is 1. The van der Waals surface area contributed by atoms with Crippen LogP contribution in [0.2, 0.25) is 0 Å². The summed E-state index contributed by atoms with van der Waals surface area (Å²) in [5, 5.41) is 7.36. The van der Waals surface area contributed by atoms with Gasteiger partial charge >= 0.3 is 0 Å². The van der Waals surface area contributed by atoms with Gasteiger partial charge in [0.15, 0.2) is 5.69 Å². The molecule has 7 nitrogen and oxygen atoms in total. The van der Waals surface area contributed by atoms with E-state index in [1.807, 2.05) is 0 Å². The van der Waals surface area contributed by atoms with E-state index in [9.17, 15) is 4.79 Å². The summed E-state index contributed by atoms with van der Waals surface area (Å²) in [6, 6.07) is 0. The summed E-state index contributed by atoms with van der Waals surface area (Å²) in [4.78, 5) is 19.1. The monoisotopic (exact) mass is 204 g/mol. The maximum Gasteiger partial charge on any atom is 0.269 e. The zero-order valence-corrected chi connectivity index (χ0v) is 7.95. The minimum absolute atomic E-state index is 0.132. The second kappa shape index (κ2) is 3.45. The summed E-state index contributed by atoms with van der Waals surface area (Å²) in [5.41, 5.74) is 5.75. The fourth-order valence-electron chi connectivity index (χ4n) is 1.15. The first kappa shape index (κ1) is 9.25. The third-order valence-corrected chi connectivity index (χ3v) is 1.79. The lowest BCUT2D eigenvalue weighted by Gasteiger charge is -2.04. The molecule has 2 aromatic rings. The highest BCUT2D eigenvalue weighted by molar-refractivity contribution is 5.94. The van der Waals surface area contributed by atoms with Crippen molar-refractivity contribution in [3.63, 3.8) is 0 Å². The molecule has 0 spiro atoms. The van der Waals surface area contributed by atoms with Gasteiger partial charge in [-0.2, -0.15) is 0 Å². The lowest BCUT2D eigenvalue weighted by molar-refractivity contribution is 0.0995. The van der Waals surface area contributed by atoms with Crippen LogP contribution < -0.4 is 5.73 Å². The topological polar surface area (TPSA) is 99.6 Å². The van der Waals surface area contributed by atoms with Crippen molar-refractivity contribution in [3.8, 4) is 5.69 Å². The van der Waals surface area contributed by atoms with Gasteiger partial charge in [0.25, 0.3) is 5.91 Å². The Morgan fingerprint density at radius 1 is 1.53 bits per heavy atom. The molecule has 2 aromatic heterocycles. The van der Waals surface area contributed by atoms with E-state index in [1.165, 1.54) is 17.1 Å². The number of hydrogen-bond acceptors (Lipinski definition) is 5. The van der Waals surface area contributed by atoms with E-state index in [4.69, 9.17) is 5.73 Å². The fourth-order valence-corrected chi connectivity index (χ4v) is 1.15. The van der Waals surface area contributed by atoms with Gasteiger partial charge in [0, 0.05) is 0 Å². The number of carbonyl (C=O) groups is 1. The molecule has 0 radical (unpaired) electrons. The number of rotatable bonds is 2. The number of carbonyl (C=O) groups excluding carboxylic acids is 1. The molecule has 2 rings (SSSR count). The Bertz CT molecular complexity index is 492. The van der Waals surface area contributed by atoms with E-state index in [2.05, 4.69) is 20.3 Å². The van der Waals surface area contributed by atoms with E-state index in [0.29, 0.717) is 11.5 Å². The molecule has 7 heteroatoms. The molecular formula is C8H8N6O. The Hall–Kier alpha value is -2.31. The summed E-state index contributed by atoms with van der Waals surface area (Å²) in [6.07, 6.45) is 4.56. The minimum atomic E-state index is -0.619. The third kappa shape index (κ3) is 1.66. The summed E-state index contributed by atoms with van der Waals surface area (Å²) in [5.74, 6) is -0.140. The van der Waals surface area contributed by atoms with Gasteiger partial charge in [-0.15, -0.1) is 5.10 Å². The normalized spacial score (nSPS) is 10.2.